The van der Waals surface area contributed by atoms with Gasteiger partial charge in [-0.1, -0.05) is 66.6 Å². The molecule has 2 amide bonds. The molecule has 0 radical (unpaired) electrons. The Morgan fingerprint density at radius 2 is 1.68 bits per heavy atom. The highest BCUT2D eigenvalue weighted by Crippen LogP contribution is 2.27. The second-order valence-electron chi connectivity index (χ2n) is 11.3. The van der Waals surface area contributed by atoms with Crippen LogP contribution in [0, 0.1) is 6.92 Å². The number of ether oxygens (including phenoxy) is 1. The van der Waals surface area contributed by atoms with Crippen LogP contribution in [0.2, 0.25) is 0 Å². The van der Waals surface area contributed by atoms with Crippen LogP contribution < -0.4 is 15.4 Å². The number of hydrogen-bond acceptors (Lipinski definition) is 7. The summed E-state index contributed by atoms with van der Waals surface area (Å²) in [6.07, 6.45) is 2.49. The van der Waals surface area contributed by atoms with E-state index in [4.69, 9.17) is 9.72 Å². The average molecular weight is 629 g/mol. The van der Waals surface area contributed by atoms with Crippen molar-refractivity contribution < 1.29 is 14.3 Å². The summed E-state index contributed by atoms with van der Waals surface area (Å²) in [6, 6.07) is 27.3. The van der Waals surface area contributed by atoms with E-state index in [9.17, 15) is 9.59 Å². The SMILES string of the molecule is CCCc1nc2c(C)cc(C(=O)NCCc3ccc(OC)cc3)cc2n1Cc1ccc(-c2ccccc2C(=O)Nc2nn[nH]n2)cc1. The molecule has 0 bridgehead atoms. The summed E-state index contributed by atoms with van der Waals surface area (Å²) in [5.41, 5.74) is 7.81. The molecule has 0 aliphatic carbocycles. The molecule has 0 saturated carbocycles. The highest BCUT2D eigenvalue weighted by Gasteiger charge is 2.18. The second-order valence-corrected chi connectivity index (χ2v) is 11.3. The Hall–Kier alpha value is -5.84. The molecule has 238 valence electrons. The van der Waals surface area contributed by atoms with E-state index in [0.29, 0.717) is 24.2 Å². The zero-order valence-electron chi connectivity index (χ0n) is 26.6. The van der Waals surface area contributed by atoms with Crippen LogP contribution in [-0.2, 0) is 19.4 Å². The molecule has 11 nitrogen and oxygen atoms in total. The third kappa shape index (κ3) is 7.04. The molecule has 0 atom stereocenters. The van der Waals surface area contributed by atoms with Crippen molar-refractivity contribution in [1.82, 2.24) is 35.5 Å². The smallest absolute Gasteiger partial charge is 0.270 e. The van der Waals surface area contributed by atoms with E-state index >= 15 is 0 Å². The first-order chi connectivity index (χ1) is 22.9. The Morgan fingerprint density at radius 3 is 2.40 bits per heavy atom. The van der Waals surface area contributed by atoms with Gasteiger partial charge in [0.15, 0.2) is 0 Å². The summed E-state index contributed by atoms with van der Waals surface area (Å²) in [5.74, 6) is 1.47. The molecule has 2 aromatic heterocycles. The number of nitrogens with zero attached hydrogens (tertiary/aromatic N) is 5. The molecule has 4 aromatic carbocycles. The number of methoxy groups -OCH3 is 1. The van der Waals surface area contributed by atoms with Crippen LogP contribution in [-0.4, -0.2) is 55.6 Å². The second kappa shape index (κ2) is 14.1. The number of fused-ring (bicyclic) bond motifs is 1. The Balaban J connectivity index is 1.22. The van der Waals surface area contributed by atoms with Gasteiger partial charge in [0.25, 0.3) is 17.8 Å². The summed E-state index contributed by atoms with van der Waals surface area (Å²) in [5, 5.41) is 19.2. The summed E-state index contributed by atoms with van der Waals surface area (Å²) < 4.78 is 7.44. The van der Waals surface area contributed by atoms with Gasteiger partial charge in [0.1, 0.15) is 11.6 Å². The van der Waals surface area contributed by atoms with Crippen LogP contribution in [0.1, 0.15) is 56.6 Å². The maximum absolute atomic E-state index is 13.3. The zero-order chi connectivity index (χ0) is 32.8. The van der Waals surface area contributed by atoms with Crippen molar-refractivity contribution in [2.75, 3.05) is 19.0 Å². The summed E-state index contributed by atoms with van der Waals surface area (Å²) in [7, 11) is 1.65. The average Bonchev–Trinajstić information content (AvgIpc) is 3.73. The zero-order valence-corrected chi connectivity index (χ0v) is 26.6. The lowest BCUT2D eigenvalue weighted by atomic mass is 9.98. The van der Waals surface area contributed by atoms with E-state index in [1.165, 1.54) is 0 Å². The van der Waals surface area contributed by atoms with Crippen molar-refractivity contribution in [3.05, 3.63) is 119 Å². The van der Waals surface area contributed by atoms with Crippen molar-refractivity contribution in [1.29, 1.82) is 0 Å². The number of H-pyrrole nitrogens is 1. The molecule has 6 rings (SSSR count). The lowest BCUT2D eigenvalue weighted by molar-refractivity contribution is 0.0953. The highest BCUT2D eigenvalue weighted by molar-refractivity contribution is 6.08. The summed E-state index contributed by atoms with van der Waals surface area (Å²) >= 11 is 0. The Bertz CT molecular complexity index is 2000. The number of anilines is 1. The number of nitrogens with one attached hydrogen (secondary N) is 3. The Morgan fingerprint density at radius 1 is 0.915 bits per heavy atom. The van der Waals surface area contributed by atoms with Crippen LogP contribution in [0.3, 0.4) is 0 Å². The predicted octanol–water partition coefficient (Wildman–Crippen LogP) is 5.76. The number of carbonyl (C=O) groups excluding carboxylic acids is 2. The number of tetrazole rings is 1. The van der Waals surface area contributed by atoms with E-state index in [1.54, 1.807) is 13.2 Å². The third-order valence-corrected chi connectivity index (χ3v) is 8.07. The number of rotatable bonds is 12. The van der Waals surface area contributed by atoms with E-state index in [2.05, 4.69) is 54.9 Å². The number of carbonyl (C=O) groups is 2. The molecular weight excluding hydrogens is 592 g/mol. The van der Waals surface area contributed by atoms with E-state index in [-0.39, 0.29) is 17.8 Å². The number of benzene rings is 4. The van der Waals surface area contributed by atoms with Gasteiger partial charge in [0.05, 0.1) is 18.1 Å². The fraction of sp³-hybridized carbons (Fsp3) is 0.222. The quantitative estimate of drug-likeness (QED) is 0.157. The lowest BCUT2D eigenvalue weighted by Crippen LogP contribution is -2.25. The number of imidazole rings is 1. The largest absolute Gasteiger partial charge is 0.497 e. The van der Waals surface area contributed by atoms with E-state index in [1.807, 2.05) is 73.7 Å². The molecule has 6 aromatic rings. The first-order valence-corrected chi connectivity index (χ1v) is 15.6. The number of aromatic amines is 1. The molecule has 0 spiro atoms. The van der Waals surface area contributed by atoms with Gasteiger partial charge in [-0.05, 0) is 83.1 Å². The van der Waals surface area contributed by atoms with Crippen LogP contribution >= 0.6 is 0 Å². The van der Waals surface area contributed by atoms with Gasteiger partial charge in [0, 0.05) is 30.6 Å². The maximum atomic E-state index is 13.3. The van der Waals surface area contributed by atoms with Crippen molar-refractivity contribution in [3.8, 4) is 16.9 Å². The minimum atomic E-state index is -0.323. The number of aryl methyl sites for hydroxylation is 2. The van der Waals surface area contributed by atoms with Crippen LogP contribution in [0.5, 0.6) is 5.75 Å². The van der Waals surface area contributed by atoms with Crippen molar-refractivity contribution in [2.45, 2.75) is 39.7 Å². The molecule has 0 unspecified atom stereocenters. The molecule has 47 heavy (non-hydrogen) atoms. The van der Waals surface area contributed by atoms with Crippen molar-refractivity contribution >= 4 is 28.8 Å². The number of amides is 2. The number of hydrogen-bond donors (Lipinski definition) is 3. The molecular formula is C36H36N8O3. The lowest BCUT2D eigenvalue weighted by Gasteiger charge is -2.12. The fourth-order valence-corrected chi connectivity index (χ4v) is 5.67. The minimum absolute atomic E-state index is 0.111. The molecule has 0 aliphatic rings. The topological polar surface area (TPSA) is 140 Å². The standard InChI is InChI=1S/C36H36N8O3/c1-4-7-32-38-33-23(2)20-27(34(45)37-19-18-24-12-16-28(47-3)17-13-24)21-31(33)44(32)22-25-10-14-26(15-11-25)29-8-5-6-9-30(29)35(46)39-36-40-42-43-41-36/h5-6,8-17,20-21H,4,7,18-19,22H2,1-3H3,(H,37,45)(H2,39,40,41,42,43,46). The first kappa shape index (κ1) is 31.2. The molecule has 11 heteroatoms. The number of aromatic nitrogens is 6. The normalized spacial score (nSPS) is 11.0. The third-order valence-electron chi connectivity index (χ3n) is 8.07. The van der Waals surface area contributed by atoms with Gasteiger partial charge in [-0.3, -0.25) is 14.9 Å². The molecule has 0 fully saturated rings. The van der Waals surface area contributed by atoms with Gasteiger partial charge in [-0.2, -0.15) is 5.21 Å². The molecule has 0 saturated heterocycles. The monoisotopic (exact) mass is 628 g/mol. The van der Waals surface area contributed by atoms with Gasteiger partial charge < -0.3 is 14.6 Å². The fourth-order valence-electron chi connectivity index (χ4n) is 5.67. The van der Waals surface area contributed by atoms with Gasteiger partial charge >= 0.3 is 0 Å². The first-order valence-electron chi connectivity index (χ1n) is 15.6. The molecule has 2 heterocycles. The van der Waals surface area contributed by atoms with Crippen molar-refractivity contribution in [2.24, 2.45) is 0 Å². The minimum Gasteiger partial charge on any atom is -0.497 e. The van der Waals surface area contributed by atoms with E-state index < -0.39 is 0 Å². The summed E-state index contributed by atoms with van der Waals surface area (Å²) in [6.45, 7) is 5.26. The van der Waals surface area contributed by atoms with E-state index in [0.717, 1.165) is 69.7 Å². The molecule has 3 N–H and O–H groups in total. The molecule has 0 aliphatic heterocycles. The maximum Gasteiger partial charge on any atom is 0.270 e. The highest BCUT2D eigenvalue weighted by atomic mass is 16.5. The van der Waals surface area contributed by atoms with Crippen LogP contribution in [0.15, 0.2) is 84.9 Å². The van der Waals surface area contributed by atoms with Gasteiger partial charge in [0.2, 0.25) is 0 Å². The van der Waals surface area contributed by atoms with Crippen LogP contribution in [0.25, 0.3) is 22.2 Å². The Kier molecular flexibility index (Phi) is 9.33. The van der Waals surface area contributed by atoms with Crippen LogP contribution in [0.4, 0.5) is 5.95 Å². The van der Waals surface area contributed by atoms with Crippen molar-refractivity contribution in [3.63, 3.8) is 0 Å². The summed E-state index contributed by atoms with van der Waals surface area (Å²) in [4.78, 5) is 31.2. The Labute approximate surface area is 272 Å². The van der Waals surface area contributed by atoms with Gasteiger partial charge in [-0.15, -0.1) is 5.10 Å². The predicted molar refractivity (Wildman–Crippen MR) is 181 cm³/mol. The van der Waals surface area contributed by atoms with Gasteiger partial charge in [-0.25, -0.2) is 4.98 Å².